The summed E-state index contributed by atoms with van der Waals surface area (Å²) in [6, 6.07) is 9.25. The average Bonchev–Trinajstić information content (AvgIpc) is 3.20. The highest BCUT2D eigenvalue weighted by atomic mass is 19.4. The number of nitrogens with two attached hydrogens (primary N) is 1. The monoisotopic (exact) mass is 390 g/mol. The van der Waals surface area contributed by atoms with Crippen LogP contribution in [-0.2, 0) is 13.1 Å². The lowest BCUT2D eigenvalue weighted by Crippen LogP contribution is -2.31. The van der Waals surface area contributed by atoms with Gasteiger partial charge in [0.25, 0.3) is 0 Å². The fraction of sp³-hybridized carbons (Fsp3) is 0.167. The number of nitrogens with zero attached hydrogens (tertiary/aromatic N) is 4. The maximum absolute atomic E-state index is 12.1. The number of ether oxygens (including phenoxy) is 1. The molecule has 10 heteroatoms. The summed E-state index contributed by atoms with van der Waals surface area (Å²) in [4.78, 5) is 12.5. The first kappa shape index (κ1) is 19.2. The molecule has 2 heterocycles. The minimum absolute atomic E-state index is 0.217. The third-order valence-electron chi connectivity index (χ3n) is 3.64. The van der Waals surface area contributed by atoms with Crippen molar-refractivity contribution in [3.63, 3.8) is 0 Å². The van der Waals surface area contributed by atoms with Gasteiger partial charge in [0, 0.05) is 25.1 Å². The van der Waals surface area contributed by atoms with E-state index in [0.29, 0.717) is 13.1 Å². The van der Waals surface area contributed by atoms with Gasteiger partial charge in [0.15, 0.2) is 5.96 Å². The molecule has 1 aromatic carbocycles. The predicted octanol–water partition coefficient (Wildman–Crippen LogP) is 2.77. The van der Waals surface area contributed by atoms with E-state index in [1.165, 1.54) is 24.3 Å². The smallest absolute Gasteiger partial charge is 0.406 e. The first-order chi connectivity index (χ1) is 13.4. The van der Waals surface area contributed by atoms with Gasteiger partial charge in [-0.25, -0.2) is 15.0 Å². The van der Waals surface area contributed by atoms with Crippen LogP contribution in [0.25, 0.3) is 5.82 Å². The van der Waals surface area contributed by atoms with Crippen LogP contribution in [0.2, 0.25) is 0 Å². The number of pyridine rings is 1. The minimum Gasteiger partial charge on any atom is -0.406 e. The molecule has 3 rings (SSSR count). The van der Waals surface area contributed by atoms with Crippen LogP contribution in [0.1, 0.15) is 11.1 Å². The molecule has 0 saturated heterocycles. The highest BCUT2D eigenvalue weighted by molar-refractivity contribution is 5.77. The molecule has 2 aromatic heterocycles. The van der Waals surface area contributed by atoms with Crippen molar-refractivity contribution in [2.75, 3.05) is 0 Å². The third kappa shape index (κ3) is 5.73. The summed E-state index contributed by atoms with van der Waals surface area (Å²) in [5.74, 6) is 0.688. The normalized spacial score (nSPS) is 12.0. The SMILES string of the molecule is NC(=NCc1ccc(-n2ccnc2)nc1)NCc1ccc(OC(F)(F)F)cc1. The Hall–Kier alpha value is -3.56. The minimum atomic E-state index is -4.71. The molecule has 146 valence electrons. The van der Waals surface area contributed by atoms with E-state index in [4.69, 9.17) is 5.73 Å². The van der Waals surface area contributed by atoms with Crippen molar-refractivity contribution in [1.82, 2.24) is 19.9 Å². The van der Waals surface area contributed by atoms with E-state index in [2.05, 4.69) is 25.0 Å². The van der Waals surface area contributed by atoms with Crippen molar-refractivity contribution < 1.29 is 17.9 Å². The molecule has 0 aliphatic carbocycles. The van der Waals surface area contributed by atoms with Gasteiger partial charge < -0.3 is 15.8 Å². The first-order valence-electron chi connectivity index (χ1n) is 8.21. The van der Waals surface area contributed by atoms with Crippen LogP contribution in [-0.4, -0.2) is 26.9 Å². The van der Waals surface area contributed by atoms with Gasteiger partial charge in [0.2, 0.25) is 0 Å². The summed E-state index contributed by atoms with van der Waals surface area (Å²) in [6.07, 6.45) is 2.12. The van der Waals surface area contributed by atoms with Crippen LogP contribution < -0.4 is 15.8 Å². The number of hydrogen-bond donors (Lipinski definition) is 2. The Morgan fingerprint density at radius 3 is 2.50 bits per heavy atom. The molecule has 0 unspecified atom stereocenters. The zero-order valence-electron chi connectivity index (χ0n) is 14.6. The van der Waals surface area contributed by atoms with Crippen LogP contribution in [0.4, 0.5) is 13.2 Å². The second-order valence-electron chi connectivity index (χ2n) is 5.74. The van der Waals surface area contributed by atoms with Crippen molar-refractivity contribution in [1.29, 1.82) is 0 Å². The summed E-state index contributed by atoms with van der Waals surface area (Å²) in [5, 5.41) is 2.90. The molecular formula is C18H17F3N6O. The molecule has 0 atom stereocenters. The van der Waals surface area contributed by atoms with E-state index >= 15 is 0 Å². The number of imidazole rings is 1. The van der Waals surface area contributed by atoms with Crippen molar-refractivity contribution in [2.24, 2.45) is 10.7 Å². The summed E-state index contributed by atoms with van der Waals surface area (Å²) in [6.45, 7) is 0.661. The first-order valence-corrected chi connectivity index (χ1v) is 8.21. The van der Waals surface area contributed by atoms with Crippen LogP contribution in [0.5, 0.6) is 5.75 Å². The van der Waals surface area contributed by atoms with E-state index in [1.54, 1.807) is 29.5 Å². The lowest BCUT2D eigenvalue weighted by molar-refractivity contribution is -0.274. The lowest BCUT2D eigenvalue weighted by atomic mass is 10.2. The Labute approximate surface area is 158 Å². The van der Waals surface area contributed by atoms with Gasteiger partial charge in [-0.2, -0.15) is 0 Å². The third-order valence-corrected chi connectivity index (χ3v) is 3.64. The van der Waals surface area contributed by atoms with Crippen molar-refractivity contribution in [3.05, 3.63) is 72.4 Å². The molecule has 0 saturated carbocycles. The van der Waals surface area contributed by atoms with E-state index in [-0.39, 0.29) is 11.7 Å². The number of nitrogens with one attached hydrogen (secondary N) is 1. The highest BCUT2D eigenvalue weighted by Gasteiger charge is 2.30. The number of halogens is 3. The van der Waals surface area contributed by atoms with E-state index in [0.717, 1.165) is 16.9 Å². The Bertz CT molecular complexity index is 906. The lowest BCUT2D eigenvalue weighted by Gasteiger charge is -2.10. The Kier molecular flexibility index (Phi) is 5.78. The number of rotatable bonds is 6. The zero-order chi connectivity index (χ0) is 20.0. The Morgan fingerprint density at radius 2 is 1.89 bits per heavy atom. The molecule has 0 bridgehead atoms. The van der Waals surface area contributed by atoms with Crippen molar-refractivity contribution >= 4 is 5.96 Å². The number of alkyl halides is 3. The van der Waals surface area contributed by atoms with Gasteiger partial charge in [-0.15, -0.1) is 13.2 Å². The van der Waals surface area contributed by atoms with Gasteiger partial charge >= 0.3 is 6.36 Å². The van der Waals surface area contributed by atoms with Crippen LogP contribution in [0.3, 0.4) is 0 Å². The average molecular weight is 390 g/mol. The molecule has 0 amide bonds. The van der Waals surface area contributed by atoms with Crippen LogP contribution in [0, 0.1) is 0 Å². The molecule has 3 N–H and O–H groups in total. The fourth-order valence-corrected chi connectivity index (χ4v) is 2.29. The molecule has 0 spiro atoms. The highest BCUT2D eigenvalue weighted by Crippen LogP contribution is 2.22. The number of aliphatic imine (C=N–C) groups is 1. The molecule has 0 aliphatic heterocycles. The number of guanidine groups is 1. The maximum Gasteiger partial charge on any atom is 0.573 e. The van der Waals surface area contributed by atoms with Crippen LogP contribution in [0.15, 0.2) is 66.3 Å². The summed E-state index contributed by atoms with van der Waals surface area (Å²) >= 11 is 0. The van der Waals surface area contributed by atoms with Crippen LogP contribution >= 0.6 is 0 Å². The second-order valence-corrected chi connectivity index (χ2v) is 5.74. The topological polar surface area (TPSA) is 90.4 Å². The van der Waals surface area contributed by atoms with Gasteiger partial charge in [-0.3, -0.25) is 4.57 Å². The largest absolute Gasteiger partial charge is 0.573 e. The van der Waals surface area contributed by atoms with Gasteiger partial charge in [-0.05, 0) is 29.3 Å². The van der Waals surface area contributed by atoms with E-state index in [9.17, 15) is 13.2 Å². The zero-order valence-corrected chi connectivity index (χ0v) is 14.6. The number of benzene rings is 1. The van der Waals surface area contributed by atoms with Gasteiger partial charge in [0.05, 0.1) is 6.54 Å². The van der Waals surface area contributed by atoms with Gasteiger partial charge in [0.1, 0.15) is 17.9 Å². The Morgan fingerprint density at radius 1 is 1.14 bits per heavy atom. The second kappa shape index (κ2) is 8.42. The summed E-state index contributed by atoms with van der Waals surface area (Å²) in [5.41, 5.74) is 7.43. The predicted molar refractivity (Wildman–Crippen MR) is 96.7 cm³/mol. The molecule has 0 aliphatic rings. The number of aromatic nitrogens is 3. The maximum atomic E-state index is 12.1. The quantitative estimate of drug-likeness (QED) is 0.499. The standard InChI is InChI=1S/C18H17F3N6O/c19-18(20,21)28-15-4-1-13(2-5-15)9-25-17(22)26-11-14-3-6-16(24-10-14)27-8-7-23-12-27/h1-8,10,12H,9,11H2,(H3,22,25,26). The molecular weight excluding hydrogens is 373 g/mol. The Balaban J connectivity index is 1.49. The van der Waals surface area contributed by atoms with E-state index < -0.39 is 6.36 Å². The fourth-order valence-electron chi connectivity index (χ4n) is 2.29. The van der Waals surface area contributed by atoms with E-state index in [1.807, 2.05) is 12.1 Å². The van der Waals surface area contributed by atoms with Gasteiger partial charge in [-0.1, -0.05) is 18.2 Å². The number of hydrogen-bond acceptors (Lipinski definition) is 4. The molecule has 3 aromatic rings. The molecule has 0 fully saturated rings. The summed E-state index contributed by atoms with van der Waals surface area (Å²) in [7, 11) is 0. The molecule has 7 nitrogen and oxygen atoms in total. The van der Waals surface area contributed by atoms with Crippen molar-refractivity contribution in [2.45, 2.75) is 19.5 Å². The molecule has 0 radical (unpaired) electrons. The molecule has 28 heavy (non-hydrogen) atoms. The summed E-state index contributed by atoms with van der Waals surface area (Å²) < 4.78 is 42.0. The van der Waals surface area contributed by atoms with Crippen molar-refractivity contribution in [3.8, 4) is 11.6 Å².